The SMILES string of the molecule is OC1CCN(CC2(CNC3CC3)CCCC2)CC1. The summed E-state index contributed by atoms with van der Waals surface area (Å²) in [4.78, 5) is 2.60. The second kappa shape index (κ2) is 5.48. The van der Waals surface area contributed by atoms with Gasteiger partial charge in [0.25, 0.3) is 0 Å². The maximum atomic E-state index is 9.60. The average Bonchev–Trinajstić information content (AvgIpc) is 3.10. The van der Waals surface area contributed by atoms with E-state index in [9.17, 15) is 5.11 Å². The van der Waals surface area contributed by atoms with Crippen LogP contribution in [0.4, 0.5) is 0 Å². The normalized spacial score (nSPS) is 29.8. The highest BCUT2D eigenvalue weighted by atomic mass is 16.3. The van der Waals surface area contributed by atoms with Crippen molar-refractivity contribution in [3.05, 3.63) is 0 Å². The first-order valence-electron chi connectivity index (χ1n) is 7.90. The van der Waals surface area contributed by atoms with Crippen molar-refractivity contribution in [3.8, 4) is 0 Å². The van der Waals surface area contributed by atoms with E-state index in [-0.39, 0.29) is 6.10 Å². The maximum absolute atomic E-state index is 9.60. The van der Waals surface area contributed by atoms with Crippen LogP contribution in [-0.4, -0.2) is 48.3 Å². The lowest BCUT2D eigenvalue weighted by Crippen LogP contribution is -2.46. The molecule has 3 rings (SSSR count). The van der Waals surface area contributed by atoms with Crippen molar-refractivity contribution in [1.29, 1.82) is 0 Å². The molecule has 3 nitrogen and oxygen atoms in total. The Morgan fingerprint density at radius 1 is 1.06 bits per heavy atom. The number of likely N-dealkylation sites (tertiary alicyclic amines) is 1. The van der Waals surface area contributed by atoms with Gasteiger partial charge in [0.1, 0.15) is 0 Å². The number of rotatable bonds is 5. The fourth-order valence-electron chi connectivity index (χ4n) is 3.72. The predicted octanol–water partition coefficient (Wildman–Crippen LogP) is 1.76. The molecule has 0 radical (unpaired) electrons. The van der Waals surface area contributed by atoms with Gasteiger partial charge in [-0.1, -0.05) is 12.8 Å². The van der Waals surface area contributed by atoms with Gasteiger partial charge in [-0.15, -0.1) is 0 Å². The Kier molecular flexibility index (Phi) is 3.92. The Balaban J connectivity index is 1.52. The van der Waals surface area contributed by atoms with Gasteiger partial charge in [0.15, 0.2) is 0 Å². The van der Waals surface area contributed by atoms with Gasteiger partial charge in [-0.25, -0.2) is 0 Å². The Hall–Kier alpha value is -0.120. The lowest BCUT2D eigenvalue weighted by molar-refractivity contribution is 0.0566. The van der Waals surface area contributed by atoms with Gasteiger partial charge in [0, 0.05) is 32.2 Å². The van der Waals surface area contributed by atoms with Gasteiger partial charge in [0.05, 0.1) is 6.10 Å². The molecule has 0 unspecified atom stereocenters. The Morgan fingerprint density at radius 2 is 1.72 bits per heavy atom. The zero-order valence-corrected chi connectivity index (χ0v) is 11.5. The maximum Gasteiger partial charge on any atom is 0.0564 e. The number of nitrogens with zero attached hydrogens (tertiary/aromatic N) is 1. The number of aliphatic hydroxyl groups is 1. The van der Waals surface area contributed by atoms with Crippen molar-refractivity contribution < 1.29 is 5.11 Å². The summed E-state index contributed by atoms with van der Waals surface area (Å²) in [5.41, 5.74) is 0.547. The molecule has 0 aromatic heterocycles. The van der Waals surface area contributed by atoms with E-state index in [1.165, 1.54) is 51.6 Å². The minimum absolute atomic E-state index is 0.0367. The molecule has 2 aliphatic carbocycles. The molecule has 1 aliphatic heterocycles. The van der Waals surface area contributed by atoms with E-state index in [0.29, 0.717) is 5.41 Å². The molecule has 3 fully saturated rings. The molecule has 2 saturated carbocycles. The lowest BCUT2D eigenvalue weighted by atomic mass is 9.84. The molecule has 1 heterocycles. The topological polar surface area (TPSA) is 35.5 Å². The van der Waals surface area contributed by atoms with Gasteiger partial charge in [-0.05, 0) is 43.9 Å². The first-order valence-corrected chi connectivity index (χ1v) is 7.90. The summed E-state index contributed by atoms with van der Waals surface area (Å²) in [6.45, 7) is 4.70. The predicted molar refractivity (Wildman–Crippen MR) is 73.6 cm³/mol. The minimum atomic E-state index is -0.0367. The third kappa shape index (κ3) is 3.25. The van der Waals surface area contributed by atoms with Crippen LogP contribution in [0.3, 0.4) is 0 Å². The second-order valence-corrected chi connectivity index (χ2v) is 6.87. The van der Waals surface area contributed by atoms with Crippen LogP contribution in [0.1, 0.15) is 51.4 Å². The second-order valence-electron chi connectivity index (χ2n) is 6.87. The van der Waals surface area contributed by atoms with Crippen LogP contribution < -0.4 is 5.32 Å². The van der Waals surface area contributed by atoms with Crippen LogP contribution in [0, 0.1) is 5.41 Å². The van der Waals surface area contributed by atoms with Crippen LogP contribution in [0.2, 0.25) is 0 Å². The van der Waals surface area contributed by atoms with E-state index in [1.54, 1.807) is 0 Å². The highest BCUT2D eigenvalue weighted by Crippen LogP contribution is 2.39. The monoisotopic (exact) mass is 252 g/mol. The van der Waals surface area contributed by atoms with E-state index in [2.05, 4.69) is 10.2 Å². The summed E-state index contributed by atoms with van der Waals surface area (Å²) in [7, 11) is 0. The van der Waals surface area contributed by atoms with Crippen molar-refractivity contribution >= 4 is 0 Å². The molecule has 0 aromatic rings. The van der Waals surface area contributed by atoms with E-state index in [1.807, 2.05) is 0 Å². The average molecular weight is 252 g/mol. The molecule has 0 spiro atoms. The Morgan fingerprint density at radius 3 is 2.33 bits per heavy atom. The zero-order valence-electron chi connectivity index (χ0n) is 11.5. The standard InChI is InChI=1S/C15H28N2O/c18-14-5-9-17(10-6-14)12-15(7-1-2-8-15)11-16-13-3-4-13/h13-14,16,18H,1-12H2. The van der Waals surface area contributed by atoms with Crippen molar-refractivity contribution in [3.63, 3.8) is 0 Å². The number of piperidine rings is 1. The fourth-order valence-corrected chi connectivity index (χ4v) is 3.72. The summed E-state index contributed by atoms with van der Waals surface area (Å²) >= 11 is 0. The molecular weight excluding hydrogens is 224 g/mol. The number of nitrogens with one attached hydrogen (secondary N) is 1. The third-order valence-electron chi connectivity index (χ3n) is 5.12. The van der Waals surface area contributed by atoms with Crippen LogP contribution in [0.25, 0.3) is 0 Å². The van der Waals surface area contributed by atoms with Crippen molar-refractivity contribution in [2.45, 2.75) is 63.5 Å². The smallest absolute Gasteiger partial charge is 0.0564 e. The van der Waals surface area contributed by atoms with Gasteiger partial charge in [-0.2, -0.15) is 0 Å². The summed E-state index contributed by atoms with van der Waals surface area (Å²) in [6, 6.07) is 0.839. The van der Waals surface area contributed by atoms with Gasteiger partial charge < -0.3 is 15.3 Å². The molecule has 0 bridgehead atoms. The molecule has 0 aromatic carbocycles. The first-order chi connectivity index (χ1) is 8.76. The highest BCUT2D eigenvalue weighted by molar-refractivity contribution is 4.93. The van der Waals surface area contributed by atoms with Crippen LogP contribution in [0.15, 0.2) is 0 Å². The molecular formula is C15H28N2O. The molecule has 3 aliphatic rings. The highest BCUT2D eigenvalue weighted by Gasteiger charge is 2.37. The Labute approximate surface area is 111 Å². The van der Waals surface area contributed by atoms with Crippen LogP contribution >= 0.6 is 0 Å². The molecule has 0 atom stereocenters. The Bertz CT molecular complexity index is 264. The molecule has 104 valence electrons. The number of aliphatic hydroxyl groups excluding tert-OH is 1. The quantitative estimate of drug-likeness (QED) is 0.782. The van der Waals surface area contributed by atoms with E-state index in [0.717, 1.165) is 32.0 Å². The fraction of sp³-hybridized carbons (Fsp3) is 1.00. The van der Waals surface area contributed by atoms with E-state index >= 15 is 0 Å². The summed E-state index contributed by atoms with van der Waals surface area (Å²) in [5.74, 6) is 0. The first kappa shape index (κ1) is 12.9. The molecule has 0 amide bonds. The number of hydrogen-bond donors (Lipinski definition) is 2. The summed E-state index contributed by atoms with van der Waals surface area (Å²) < 4.78 is 0. The number of hydrogen-bond acceptors (Lipinski definition) is 3. The van der Waals surface area contributed by atoms with Gasteiger partial charge in [-0.3, -0.25) is 0 Å². The van der Waals surface area contributed by atoms with E-state index < -0.39 is 0 Å². The summed E-state index contributed by atoms with van der Waals surface area (Å²) in [6.07, 6.45) is 10.4. The van der Waals surface area contributed by atoms with E-state index in [4.69, 9.17) is 0 Å². The van der Waals surface area contributed by atoms with Gasteiger partial charge >= 0.3 is 0 Å². The molecule has 3 heteroatoms. The molecule has 1 saturated heterocycles. The minimum Gasteiger partial charge on any atom is -0.393 e. The molecule has 2 N–H and O–H groups in total. The van der Waals surface area contributed by atoms with Crippen molar-refractivity contribution in [2.75, 3.05) is 26.2 Å². The van der Waals surface area contributed by atoms with Crippen molar-refractivity contribution in [2.24, 2.45) is 5.41 Å². The summed E-state index contributed by atoms with van der Waals surface area (Å²) in [5, 5.41) is 13.4. The largest absolute Gasteiger partial charge is 0.393 e. The van der Waals surface area contributed by atoms with Crippen LogP contribution in [0.5, 0.6) is 0 Å². The third-order valence-corrected chi connectivity index (χ3v) is 5.12. The van der Waals surface area contributed by atoms with Crippen LogP contribution in [-0.2, 0) is 0 Å². The lowest BCUT2D eigenvalue weighted by Gasteiger charge is -2.38. The molecule has 18 heavy (non-hydrogen) atoms. The van der Waals surface area contributed by atoms with Crippen molar-refractivity contribution in [1.82, 2.24) is 10.2 Å². The van der Waals surface area contributed by atoms with Gasteiger partial charge in [0.2, 0.25) is 0 Å². The zero-order chi connectivity index (χ0) is 12.4.